The van der Waals surface area contributed by atoms with Gasteiger partial charge in [-0.3, -0.25) is 9.69 Å². The van der Waals surface area contributed by atoms with E-state index in [0.29, 0.717) is 6.54 Å². The standard InChI is InChI=1S/C14H23N3O2/c15-11-14(5-1-2-6-14)16-13(19)9-17-7-3-4-12(8-17)10-18/h12,18H,1-10H2,(H,16,19). The van der Waals surface area contributed by atoms with Crippen molar-refractivity contribution >= 4 is 5.91 Å². The van der Waals surface area contributed by atoms with E-state index in [1.165, 1.54) is 0 Å². The van der Waals surface area contributed by atoms with Crippen LogP contribution in [0.25, 0.3) is 0 Å². The third kappa shape index (κ3) is 3.68. The predicted molar refractivity (Wildman–Crippen MR) is 71.2 cm³/mol. The number of nitrogens with one attached hydrogen (secondary N) is 1. The van der Waals surface area contributed by atoms with Crippen LogP contribution < -0.4 is 5.32 Å². The summed E-state index contributed by atoms with van der Waals surface area (Å²) in [5.41, 5.74) is -0.622. The zero-order valence-electron chi connectivity index (χ0n) is 11.4. The van der Waals surface area contributed by atoms with E-state index in [2.05, 4.69) is 16.3 Å². The van der Waals surface area contributed by atoms with E-state index in [0.717, 1.165) is 51.6 Å². The Kier molecular flexibility index (Phi) is 4.78. The van der Waals surface area contributed by atoms with Crippen LogP contribution in [0.3, 0.4) is 0 Å². The summed E-state index contributed by atoms with van der Waals surface area (Å²) in [5.74, 6) is 0.236. The SMILES string of the molecule is N#CC1(NC(=O)CN2CCCC(CO)C2)CCCC1. The second-order valence-electron chi connectivity index (χ2n) is 5.88. The molecule has 1 unspecified atom stereocenters. The van der Waals surface area contributed by atoms with Gasteiger partial charge in [0.05, 0.1) is 12.6 Å². The first-order chi connectivity index (χ1) is 9.17. The van der Waals surface area contributed by atoms with Crippen LogP contribution in [0.5, 0.6) is 0 Å². The van der Waals surface area contributed by atoms with Gasteiger partial charge in [-0.05, 0) is 51.0 Å². The molecule has 2 rings (SSSR count). The van der Waals surface area contributed by atoms with Crippen LogP contribution in [0.2, 0.25) is 0 Å². The van der Waals surface area contributed by atoms with E-state index in [9.17, 15) is 15.2 Å². The number of nitriles is 1. The van der Waals surface area contributed by atoms with Gasteiger partial charge in [-0.1, -0.05) is 0 Å². The number of carbonyl (C=O) groups excluding carboxylic acids is 1. The highest BCUT2D eigenvalue weighted by molar-refractivity contribution is 5.79. The van der Waals surface area contributed by atoms with Gasteiger partial charge >= 0.3 is 0 Å². The molecule has 1 heterocycles. The number of rotatable bonds is 4. The second-order valence-corrected chi connectivity index (χ2v) is 5.88. The topological polar surface area (TPSA) is 76.4 Å². The molecule has 1 aliphatic heterocycles. The van der Waals surface area contributed by atoms with Crippen LogP contribution in [0.4, 0.5) is 0 Å². The van der Waals surface area contributed by atoms with Crippen LogP contribution >= 0.6 is 0 Å². The minimum Gasteiger partial charge on any atom is -0.396 e. The molecule has 1 saturated carbocycles. The maximum absolute atomic E-state index is 12.1. The zero-order chi connectivity index (χ0) is 13.7. The normalized spacial score (nSPS) is 26.8. The van der Waals surface area contributed by atoms with Gasteiger partial charge in [0, 0.05) is 13.2 Å². The van der Waals surface area contributed by atoms with Crippen LogP contribution in [-0.4, -0.2) is 47.7 Å². The van der Waals surface area contributed by atoms with Gasteiger partial charge in [-0.2, -0.15) is 5.26 Å². The third-order valence-electron chi connectivity index (χ3n) is 4.28. The lowest BCUT2D eigenvalue weighted by atomic mass is 9.98. The molecule has 5 nitrogen and oxygen atoms in total. The molecule has 1 aliphatic carbocycles. The average Bonchev–Trinajstić information content (AvgIpc) is 2.88. The summed E-state index contributed by atoms with van der Waals surface area (Å²) >= 11 is 0. The van der Waals surface area contributed by atoms with Crippen molar-refractivity contribution in [1.29, 1.82) is 5.26 Å². The molecule has 5 heteroatoms. The molecule has 19 heavy (non-hydrogen) atoms. The molecule has 2 N–H and O–H groups in total. The molecule has 2 fully saturated rings. The maximum atomic E-state index is 12.1. The Bertz CT molecular complexity index is 358. The van der Waals surface area contributed by atoms with E-state index in [4.69, 9.17) is 0 Å². The highest BCUT2D eigenvalue weighted by Gasteiger charge is 2.35. The molecule has 1 saturated heterocycles. The number of nitrogens with zero attached hydrogens (tertiary/aromatic N) is 2. The highest BCUT2D eigenvalue weighted by Crippen LogP contribution is 2.28. The Morgan fingerprint density at radius 2 is 2.16 bits per heavy atom. The van der Waals surface area contributed by atoms with Crippen molar-refractivity contribution in [3.63, 3.8) is 0 Å². The van der Waals surface area contributed by atoms with Crippen molar-refractivity contribution in [1.82, 2.24) is 10.2 Å². The smallest absolute Gasteiger partial charge is 0.235 e. The predicted octanol–water partition coefficient (Wildman–Crippen LogP) is 0.643. The molecular formula is C14H23N3O2. The largest absolute Gasteiger partial charge is 0.396 e. The quantitative estimate of drug-likeness (QED) is 0.782. The summed E-state index contributed by atoms with van der Waals surface area (Å²) in [6.07, 6.45) is 5.65. The molecule has 0 radical (unpaired) electrons. The maximum Gasteiger partial charge on any atom is 0.235 e. The Balaban J connectivity index is 1.82. The van der Waals surface area contributed by atoms with E-state index < -0.39 is 5.54 Å². The molecule has 2 aliphatic rings. The van der Waals surface area contributed by atoms with Gasteiger partial charge in [0.25, 0.3) is 0 Å². The number of aliphatic hydroxyl groups excluding tert-OH is 1. The number of piperidine rings is 1. The highest BCUT2D eigenvalue weighted by atomic mass is 16.3. The van der Waals surface area contributed by atoms with Crippen LogP contribution in [0.1, 0.15) is 38.5 Å². The summed E-state index contributed by atoms with van der Waals surface area (Å²) < 4.78 is 0. The Labute approximate surface area is 114 Å². The van der Waals surface area contributed by atoms with E-state index in [1.807, 2.05) is 0 Å². The van der Waals surface area contributed by atoms with Gasteiger partial charge in [0.1, 0.15) is 5.54 Å². The summed E-state index contributed by atoms with van der Waals surface area (Å²) in [6, 6.07) is 2.28. The number of carbonyl (C=O) groups is 1. The van der Waals surface area contributed by atoms with Crippen LogP contribution in [0, 0.1) is 17.2 Å². The molecule has 1 amide bonds. The molecule has 0 aromatic rings. The summed E-state index contributed by atoms with van der Waals surface area (Å²) in [5, 5.41) is 21.3. The minimum atomic E-state index is -0.622. The fraction of sp³-hybridized carbons (Fsp3) is 0.857. The first kappa shape index (κ1) is 14.3. The second kappa shape index (κ2) is 6.36. The Hall–Kier alpha value is -1.12. The molecule has 106 valence electrons. The fourth-order valence-electron chi connectivity index (χ4n) is 3.20. The first-order valence-corrected chi connectivity index (χ1v) is 7.23. The fourth-order valence-corrected chi connectivity index (χ4v) is 3.20. The summed E-state index contributed by atoms with van der Waals surface area (Å²) in [6.45, 7) is 2.23. The number of likely N-dealkylation sites (tertiary alicyclic amines) is 1. The van der Waals surface area contributed by atoms with Crippen molar-refractivity contribution in [3.05, 3.63) is 0 Å². The Morgan fingerprint density at radius 1 is 1.42 bits per heavy atom. The minimum absolute atomic E-state index is 0.0537. The lowest BCUT2D eigenvalue weighted by Gasteiger charge is -2.32. The number of hydrogen-bond acceptors (Lipinski definition) is 4. The average molecular weight is 265 g/mol. The molecule has 0 bridgehead atoms. The monoisotopic (exact) mass is 265 g/mol. The van der Waals surface area contributed by atoms with E-state index >= 15 is 0 Å². The van der Waals surface area contributed by atoms with Crippen molar-refractivity contribution in [2.75, 3.05) is 26.2 Å². The van der Waals surface area contributed by atoms with Crippen LogP contribution in [0.15, 0.2) is 0 Å². The van der Waals surface area contributed by atoms with Gasteiger partial charge in [-0.25, -0.2) is 0 Å². The molecule has 1 atom stereocenters. The van der Waals surface area contributed by atoms with Gasteiger partial charge in [0.15, 0.2) is 0 Å². The van der Waals surface area contributed by atoms with Crippen molar-refractivity contribution in [2.24, 2.45) is 5.92 Å². The van der Waals surface area contributed by atoms with Crippen molar-refractivity contribution in [2.45, 2.75) is 44.1 Å². The van der Waals surface area contributed by atoms with Crippen molar-refractivity contribution < 1.29 is 9.90 Å². The van der Waals surface area contributed by atoms with Gasteiger partial charge in [-0.15, -0.1) is 0 Å². The zero-order valence-corrected chi connectivity index (χ0v) is 11.4. The van der Waals surface area contributed by atoms with E-state index in [1.54, 1.807) is 0 Å². The Morgan fingerprint density at radius 3 is 2.79 bits per heavy atom. The summed E-state index contributed by atoms with van der Waals surface area (Å²) in [4.78, 5) is 14.1. The first-order valence-electron chi connectivity index (χ1n) is 7.23. The molecule has 0 spiro atoms. The van der Waals surface area contributed by atoms with Crippen LogP contribution in [-0.2, 0) is 4.79 Å². The van der Waals surface area contributed by atoms with Crippen molar-refractivity contribution in [3.8, 4) is 6.07 Å². The molecule has 0 aromatic heterocycles. The van der Waals surface area contributed by atoms with Gasteiger partial charge in [0.2, 0.25) is 5.91 Å². The lowest BCUT2D eigenvalue weighted by molar-refractivity contribution is -0.124. The van der Waals surface area contributed by atoms with E-state index in [-0.39, 0.29) is 18.4 Å². The third-order valence-corrected chi connectivity index (χ3v) is 4.28. The molecule has 0 aromatic carbocycles. The molecular weight excluding hydrogens is 242 g/mol. The number of aliphatic hydroxyl groups is 1. The summed E-state index contributed by atoms with van der Waals surface area (Å²) in [7, 11) is 0. The number of hydrogen-bond donors (Lipinski definition) is 2. The number of amides is 1. The van der Waals surface area contributed by atoms with Gasteiger partial charge < -0.3 is 10.4 Å². The lowest BCUT2D eigenvalue weighted by Crippen LogP contribution is -2.50.